The number of H-pyrrole nitrogens is 1. The van der Waals surface area contributed by atoms with E-state index in [0.717, 1.165) is 16.8 Å². The quantitative estimate of drug-likeness (QED) is 0.795. The summed E-state index contributed by atoms with van der Waals surface area (Å²) in [6, 6.07) is 9.47. The molecule has 1 aromatic carbocycles. The van der Waals surface area contributed by atoms with Gasteiger partial charge in [-0.05, 0) is 24.6 Å². The van der Waals surface area contributed by atoms with Gasteiger partial charge in [0.15, 0.2) is 6.29 Å². The fraction of sp³-hybridized carbons (Fsp3) is 0.214. The zero-order valence-corrected chi connectivity index (χ0v) is 10.2. The number of nitrogens with zero attached hydrogens (tertiary/aromatic N) is 1. The van der Waals surface area contributed by atoms with Crippen LogP contribution in [0.5, 0.6) is 0 Å². The third-order valence-corrected chi connectivity index (χ3v) is 2.52. The molecule has 94 valence electrons. The third-order valence-electron chi connectivity index (χ3n) is 2.52. The lowest BCUT2D eigenvalue weighted by atomic mass is 10.1. The van der Waals surface area contributed by atoms with Crippen molar-refractivity contribution < 1.29 is 9.84 Å². The van der Waals surface area contributed by atoms with Crippen molar-refractivity contribution >= 4 is 12.2 Å². The number of aliphatic hydroxyl groups is 1. The van der Waals surface area contributed by atoms with Crippen LogP contribution >= 0.6 is 0 Å². The van der Waals surface area contributed by atoms with Crippen LogP contribution in [0.25, 0.3) is 12.2 Å². The monoisotopic (exact) mass is 244 g/mol. The molecule has 0 aliphatic carbocycles. The number of benzene rings is 1. The van der Waals surface area contributed by atoms with E-state index in [1.807, 2.05) is 49.4 Å². The summed E-state index contributed by atoms with van der Waals surface area (Å²) in [4.78, 5) is 0. The minimum absolute atomic E-state index is 0.489. The molecule has 0 bridgehead atoms. The van der Waals surface area contributed by atoms with Crippen molar-refractivity contribution in [2.45, 2.75) is 13.2 Å². The Morgan fingerprint density at radius 2 is 2.06 bits per heavy atom. The highest BCUT2D eigenvalue weighted by molar-refractivity contribution is 5.67. The molecule has 1 atom stereocenters. The van der Waals surface area contributed by atoms with Gasteiger partial charge >= 0.3 is 0 Å². The summed E-state index contributed by atoms with van der Waals surface area (Å²) in [5, 5.41) is 16.4. The number of hydrogen-bond donors (Lipinski definition) is 2. The molecule has 0 amide bonds. The summed E-state index contributed by atoms with van der Waals surface area (Å²) in [5.74, 6) is 0. The Balaban J connectivity index is 2.03. The molecule has 18 heavy (non-hydrogen) atoms. The fourth-order valence-corrected chi connectivity index (χ4v) is 1.57. The summed E-state index contributed by atoms with van der Waals surface area (Å²) in [7, 11) is 0. The summed E-state index contributed by atoms with van der Waals surface area (Å²) in [5.41, 5.74) is 2.76. The summed E-state index contributed by atoms with van der Waals surface area (Å²) < 4.78 is 5.11. The molecule has 0 saturated carbocycles. The first-order valence-corrected chi connectivity index (χ1v) is 5.86. The SMILES string of the molecule is CCOC(O)c1ccc(/C=C/c2ccn[nH]2)cc1. The van der Waals surface area contributed by atoms with Crippen LogP contribution in [0, 0.1) is 0 Å². The highest BCUT2D eigenvalue weighted by Gasteiger charge is 2.05. The lowest BCUT2D eigenvalue weighted by molar-refractivity contribution is -0.0979. The van der Waals surface area contributed by atoms with Crippen LogP contribution in [0.2, 0.25) is 0 Å². The van der Waals surface area contributed by atoms with Crippen molar-refractivity contribution in [3.8, 4) is 0 Å². The van der Waals surface area contributed by atoms with Crippen molar-refractivity contribution in [3.63, 3.8) is 0 Å². The molecule has 0 saturated heterocycles. The van der Waals surface area contributed by atoms with Gasteiger partial charge in [0.05, 0.1) is 5.69 Å². The van der Waals surface area contributed by atoms with Crippen LogP contribution in [0.4, 0.5) is 0 Å². The van der Waals surface area contributed by atoms with Gasteiger partial charge in [0.1, 0.15) is 0 Å². The smallest absolute Gasteiger partial charge is 0.181 e. The van der Waals surface area contributed by atoms with Crippen LogP contribution in [0.1, 0.15) is 30.0 Å². The topological polar surface area (TPSA) is 58.1 Å². The van der Waals surface area contributed by atoms with E-state index in [9.17, 15) is 5.11 Å². The highest BCUT2D eigenvalue weighted by atomic mass is 16.6. The van der Waals surface area contributed by atoms with Gasteiger partial charge in [0.25, 0.3) is 0 Å². The van der Waals surface area contributed by atoms with E-state index in [-0.39, 0.29) is 0 Å². The third kappa shape index (κ3) is 3.29. The van der Waals surface area contributed by atoms with E-state index in [1.54, 1.807) is 6.20 Å². The molecule has 1 unspecified atom stereocenters. The first kappa shape index (κ1) is 12.5. The molecule has 0 aliphatic heterocycles. The van der Waals surface area contributed by atoms with Crippen molar-refractivity contribution in [3.05, 3.63) is 53.3 Å². The average Bonchev–Trinajstić information content (AvgIpc) is 2.90. The number of hydrogen-bond acceptors (Lipinski definition) is 3. The molecule has 2 aromatic rings. The Labute approximate surface area is 106 Å². The van der Waals surface area contributed by atoms with Gasteiger partial charge in [0.2, 0.25) is 0 Å². The molecule has 0 spiro atoms. The Hall–Kier alpha value is -1.91. The van der Waals surface area contributed by atoms with Crippen LogP contribution in [-0.4, -0.2) is 21.9 Å². The van der Waals surface area contributed by atoms with Gasteiger partial charge in [-0.1, -0.05) is 30.3 Å². The molecule has 2 N–H and O–H groups in total. The number of rotatable bonds is 5. The lowest BCUT2D eigenvalue weighted by Gasteiger charge is -2.10. The largest absolute Gasteiger partial charge is 0.364 e. The fourth-order valence-electron chi connectivity index (χ4n) is 1.57. The van der Waals surface area contributed by atoms with Crippen LogP contribution in [-0.2, 0) is 4.74 Å². The molecule has 1 aromatic heterocycles. The van der Waals surface area contributed by atoms with E-state index < -0.39 is 6.29 Å². The Kier molecular flexibility index (Phi) is 4.28. The van der Waals surface area contributed by atoms with Gasteiger partial charge in [-0.2, -0.15) is 5.10 Å². The van der Waals surface area contributed by atoms with Crippen LogP contribution in [0.15, 0.2) is 36.5 Å². The number of ether oxygens (including phenoxy) is 1. The zero-order chi connectivity index (χ0) is 12.8. The molecule has 2 rings (SSSR count). The average molecular weight is 244 g/mol. The predicted octanol–water partition coefficient (Wildman–Crippen LogP) is 2.61. The Morgan fingerprint density at radius 1 is 1.28 bits per heavy atom. The molecule has 0 fully saturated rings. The second-order valence-electron chi connectivity index (χ2n) is 3.82. The van der Waals surface area contributed by atoms with E-state index in [0.29, 0.717) is 6.61 Å². The van der Waals surface area contributed by atoms with Crippen LogP contribution in [0.3, 0.4) is 0 Å². The number of nitrogens with one attached hydrogen (secondary N) is 1. The van der Waals surface area contributed by atoms with Gasteiger partial charge in [-0.3, -0.25) is 5.10 Å². The first-order valence-electron chi connectivity index (χ1n) is 5.86. The second-order valence-corrected chi connectivity index (χ2v) is 3.82. The van der Waals surface area contributed by atoms with Crippen molar-refractivity contribution in [2.75, 3.05) is 6.61 Å². The first-order chi connectivity index (χ1) is 8.79. The van der Waals surface area contributed by atoms with Crippen molar-refractivity contribution in [2.24, 2.45) is 0 Å². The van der Waals surface area contributed by atoms with Crippen LogP contribution < -0.4 is 0 Å². The number of aromatic nitrogens is 2. The molecule has 0 radical (unpaired) electrons. The van der Waals surface area contributed by atoms with Gasteiger partial charge in [0, 0.05) is 18.4 Å². The van der Waals surface area contributed by atoms with E-state index >= 15 is 0 Å². The second kappa shape index (κ2) is 6.14. The molecule has 4 heteroatoms. The van der Waals surface area contributed by atoms with E-state index in [1.165, 1.54) is 0 Å². The van der Waals surface area contributed by atoms with Crippen molar-refractivity contribution in [1.29, 1.82) is 0 Å². The summed E-state index contributed by atoms with van der Waals surface area (Å²) in [6.07, 6.45) is 4.78. The maximum atomic E-state index is 9.64. The Bertz CT molecular complexity index is 489. The highest BCUT2D eigenvalue weighted by Crippen LogP contribution is 2.16. The molecule has 0 aliphatic rings. The Morgan fingerprint density at radius 3 is 2.67 bits per heavy atom. The minimum atomic E-state index is -0.847. The molecular weight excluding hydrogens is 228 g/mol. The minimum Gasteiger partial charge on any atom is -0.364 e. The zero-order valence-electron chi connectivity index (χ0n) is 10.2. The predicted molar refractivity (Wildman–Crippen MR) is 70.5 cm³/mol. The maximum Gasteiger partial charge on any atom is 0.181 e. The van der Waals surface area contributed by atoms with Crippen molar-refractivity contribution in [1.82, 2.24) is 10.2 Å². The van der Waals surface area contributed by atoms with E-state index in [4.69, 9.17) is 4.74 Å². The molecular formula is C14H16N2O2. The van der Waals surface area contributed by atoms with Gasteiger partial charge < -0.3 is 9.84 Å². The maximum absolute atomic E-state index is 9.64. The molecule has 4 nitrogen and oxygen atoms in total. The number of aliphatic hydroxyl groups excluding tert-OH is 1. The normalized spacial score (nSPS) is 13.0. The number of aromatic amines is 1. The van der Waals surface area contributed by atoms with Gasteiger partial charge in [-0.15, -0.1) is 0 Å². The standard InChI is InChI=1S/C14H16N2O2/c1-2-18-14(17)12-6-3-11(4-7-12)5-8-13-9-10-15-16-13/h3-10,14,17H,2H2,1H3,(H,15,16)/b8-5+. The van der Waals surface area contributed by atoms with Gasteiger partial charge in [-0.25, -0.2) is 0 Å². The lowest BCUT2D eigenvalue weighted by Crippen LogP contribution is -2.02. The van der Waals surface area contributed by atoms with E-state index in [2.05, 4.69) is 10.2 Å². The summed E-state index contributed by atoms with van der Waals surface area (Å²) >= 11 is 0. The molecule has 1 heterocycles. The summed E-state index contributed by atoms with van der Waals surface area (Å²) in [6.45, 7) is 2.34.